The van der Waals surface area contributed by atoms with E-state index in [0.717, 1.165) is 0 Å². The van der Waals surface area contributed by atoms with Gasteiger partial charge in [-0.25, -0.2) is 0 Å². The third-order valence-electron chi connectivity index (χ3n) is 1.89. The molecule has 4 heteroatoms. The molecule has 0 fully saturated rings. The number of carboxylic acids is 1. The van der Waals surface area contributed by atoms with E-state index in [1.54, 1.807) is 14.0 Å². The molecule has 0 aliphatic carbocycles. The molecule has 0 radical (unpaired) electrons. The number of hydrogen-bond acceptors (Lipinski definition) is 2. The average Bonchev–Trinajstić information content (AvgIpc) is 2.01. The first-order valence-electron chi connectivity index (χ1n) is 3.83. The van der Waals surface area contributed by atoms with Crippen LogP contribution in [0.3, 0.4) is 0 Å². The van der Waals surface area contributed by atoms with Crippen LogP contribution in [0.25, 0.3) is 0 Å². The van der Waals surface area contributed by atoms with Crippen LogP contribution in [-0.2, 0) is 9.59 Å². The van der Waals surface area contributed by atoms with E-state index in [2.05, 4.69) is 0 Å². The second-order valence-electron chi connectivity index (χ2n) is 3.25. The molecule has 0 aliphatic rings. The maximum Gasteiger partial charge on any atom is 0.318 e. The third-order valence-corrected chi connectivity index (χ3v) is 1.89. The van der Waals surface area contributed by atoms with E-state index in [9.17, 15) is 9.59 Å². The van der Waals surface area contributed by atoms with Crippen molar-refractivity contribution in [2.75, 3.05) is 13.6 Å². The van der Waals surface area contributed by atoms with Crippen LogP contribution in [-0.4, -0.2) is 35.5 Å². The lowest BCUT2D eigenvalue weighted by atomic mass is 9.92. The van der Waals surface area contributed by atoms with Crippen LogP contribution < -0.4 is 0 Å². The molecule has 0 aromatic rings. The van der Waals surface area contributed by atoms with E-state index in [1.807, 2.05) is 0 Å². The number of aliphatic carboxylic acids is 1. The van der Waals surface area contributed by atoms with E-state index in [0.29, 0.717) is 6.54 Å². The van der Waals surface area contributed by atoms with Crippen molar-refractivity contribution in [1.82, 2.24) is 4.90 Å². The Bertz CT molecular complexity index is 198. The van der Waals surface area contributed by atoms with E-state index < -0.39 is 11.4 Å². The van der Waals surface area contributed by atoms with Crippen LogP contribution in [0.2, 0.25) is 0 Å². The van der Waals surface area contributed by atoms with Gasteiger partial charge in [-0.15, -0.1) is 0 Å². The topological polar surface area (TPSA) is 57.6 Å². The van der Waals surface area contributed by atoms with Gasteiger partial charge in [-0.1, -0.05) is 0 Å². The van der Waals surface area contributed by atoms with Gasteiger partial charge in [0.05, 0.1) is 0 Å². The molecule has 0 saturated heterocycles. The van der Waals surface area contributed by atoms with Crippen molar-refractivity contribution in [3.63, 3.8) is 0 Å². The number of nitrogens with zero attached hydrogens (tertiary/aromatic N) is 1. The van der Waals surface area contributed by atoms with E-state index in [-0.39, 0.29) is 5.91 Å². The van der Waals surface area contributed by atoms with Crippen LogP contribution in [0.5, 0.6) is 0 Å². The van der Waals surface area contributed by atoms with Gasteiger partial charge in [0, 0.05) is 13.6 Å². The summed E-state index contributed by atoms with van der Waals surface area (Å²) >= 11 is 0. The minimum atomic E-state index is -1.31. The summed E-state index contributed by atoms with van der Waals surface area (Å²) < 4.78 is 0. The number of carboxylic acid groups (broad SMARTS) is 1. The Morgan fingerprint density at radius 1 is 1.42 bits per heavy atom. The molecule has 0 spiro atoms. The summed E-state index contributed by atoms with van der Waals surface area (Å²) in [7, 11) is 1.59. The summed E-state index contributed by atoms with van der Waals surface area (Å²) in [6, 6.07) is 0. The molecule has 0 rings (SSSR count). The summed E-state index contributed by atoms with van der Waals surface area (Å²) in [5, 5.41) is 8.71. The summed E-state index contributed by atoms with van der Waals surface area (Å²) in [5.41, 5.74) is -1.31. The minimum Gasteiger partial charge on any atom is -0.480 e. The number of carbonyl (C=O) groups is 2. The summed E-state index contributed by atoms with van der Waals surface area (Å²) in [5.74, 6) is -1.45. The van der Waals surface area contributed by atoms with Crippen molar-refractivity contribution in [1.29, 1.82) is 0 Å². The molecule has 1 N–H and O–H groups in total. The Morgan fingerprint density at radius 2 is 1.83 bits per heavy atom. The van der Waals surface area contributed by atoms with Crippen LogP contribution in [0, 0.1) is 5.41 Å². The normalized spacial score (nSPS) is 11.0. The predicted octanol–water partition coefficient (Wildman–Crippen LogP) is 0.575. The Kier molecular flexibility index (Phi) is 3.24. The fraction of sp³-hybridized carbons (Fsp3) is 0.750. The van der Waals surface area contributed by atoms with E-state index >= 15 is 0 Å². The molecule has 0 atom stereocenters. The maximum absolute atomic E-state index is 11.4. The third kappa shape index (κ3) is 1.96. The van der Waals surface area contributed by atoms with Gasteiger partial charge in [-0.05, 0) is 20.8 Å². The van der Waals surface area contributed by atoms with Crippen LogP contribution in [0.4, 0.5) is 0 Å². The summed E-state index contributed by atoms with van der Waals surface area (Å²) in [6.07, 6.45) is 0. The first-order chi connectivity index (χ1) is 5.34. The lowest BCUT2D eigenvalue weighted by Gasteiger charge is -2.24. The second kappa shape index (κ2) is 3.56. The van der Waals surface area contributed by atoms with Gasteiger partial charge in [-0.3, -0.25) is 9.59 Å². The van der Waals surface area contributed by atoms with Crippen molar-refractivity contribution in [3.05, 3.63) is 0 Å². The first kappa shape index (κ1) is 10.9. The van der Waals surface area contributed by atoms with E-state index in [4.69, 9.17) is 5.11 Å². The van der Waals surface area contributed by atoms with Crippen molar-refractivity contribution in [2.24, 2.45) is 5.41 Å². The molecular formula is C8H15NO3. The molecule has 12 heavy (non-hydrogen) atoms. The summed E-state index contributed by atoms with van der Waals surface area (Å²) in [4.78, 5) is 23.4. The van der Waals surface area contributed by atoms with Crippen LogP contribution in [0.1, 0.15) is 20.8 Å². The minimum absolute atomic E-state index is 0.363. The molecular weight excluding hydrogens is 158 g/mol. The lowest BCUT2D eigenvalue weighted by molar-refractivity contribution is -0.157. The van der Waals surface area contributed by atoms with Crippen molar-refractivity contribution < 1.29 is 14.7 Å². The van der Waals surface area contributed by atoms with Gasteiger partial charge >= 0.3 is 5.97 Å². The van der Waals surface area contributed by atoms with Crippen molar-refractivity contribution in [3.8, 4) is 0 Å². The van der Waals surface area contributed by atoms with Gasteiger partial charge in [0.2, 0.25) is 5.91 Å². The molecule has 0 bridgehead atoms. The van der Waals surface area contributed by atoms with Gasteiger partial charge in [0.25, 0.3) is 0 Å². The molecule has 0 aliphatic heterocycles. The molecule has 70 valence electrons. The largest absolute Gasteiger partial charge is 0.480 e. The smallest absolute Gasteiger partial charge is 0.318 e. The highest BCUT2D eigenvalue weighted by Gasteiger charge is 2.37. The highest BCUT2D eigenvalue weighted by atomic mass is 16.4. The van der Waals surface area contributed by atoms with Crippen molar-refractivity contribution in [2.45, 2.75) is 20.8 Å². The Morgan fingerprint density at radius 3 is 2.08 bits per heavy atom. The molecule has 0 saturated carbocycles. The zero-order chi connectivity index (χ0) is 9.94. The molecule has 1 amide bonds. The van der Waals surface area contributed by atoms with Gasteiger partial charge in [0.15, 0.2) is 0 Å². The SMILES string of the molecule is CCN(C)C(=O)C(C)(C)C(=O)O. The molecule has 4 nitrogen and oxygen atoms in total. The first-order valence-corrected chi connectivity index (χ1v) is 3.83. The molecule has 0 aromatic heterocycles. The lowest BCUT2D eigenvalue weighted by Crippen LogP contribution is -2.43. The zero-order valence-electron chi connectivity index (χ0n) is 7.92. The standard InChI is InChI=1S/C8H15NO3/c1-5-9(4)6(10)8(2,3)7(11)12/h5H2,1-4H3,(H,11,12). The highest BCUT2D eigenvalue weighted by Crippen LogP contribution is 2.17. The van der Waals surface area contributed by atoms with Gasteiger partial charge in [-0.2, -0.15) is 0 Å². The van der Waals surface area contributed by atoms with Gasteiger partial charge < -0.3 is 10.0 Å². The second-order valence-corrected chi connectivity index (χ2v) is 3.25. The quantitative estimate of drug-likeness (QED) is 0.635. The number of amides is 1. The molecule has 0 unspecified atom stereocenters. The fourth-order valence-electron chi connectivity index (χ4n) is 0.712. The predicted molar refractivity (Wildman–Crippen MR) is 44.7 cm³/mol. The Balaban J connectivity index is 4.57. The zero-order valence-corrected chi connectivity index (χ0v) is 7.92. The van der Waals surface area contributed by atoms with Crippen LogP contribution in [0.15, 0.2) is 0 Å². The van der Waals surface area contributed by atoms with Gasteiger partial charge in [0.1, 0.15) is 5.41 Å². The number of carbonyl (C=O) groups excluding carboxylic acids is 1. The maximum atomic E-state index is 11.4. The van der Waals surface area contributed by atoms with Crippen LogP contribution >= 0.6 is 0 Å². The molecule has 0 heterocycles. The highest BCUT2D eigenvalue weighted by molar-refractivity contribution is 6.00. The molecule has 0 aromatic carbocycles. The van der Waals surface area contributed by atoms with E-state index in [1.165, 1.54) is 18.7 Å². The monoisotopic (exact) mass is 173 g/mol. The number of hydrogen-bond donors (Lipinski definition) is 1. The Hall–Kier alpha value is -1.06. The fourth-order valence-corrected chi connectivity index (χ4v) is 0.712. The van der Waals surface area contributed by atoms with Crippen molar-refractivity contribution >= 4 is 11.9 Å². The summed E-state index contributed by atoms with van der Waals surface area (Å²) in [6.45, 7) is 5.14. The average molecular weight is 173 g/mol. The Labute approximate surface area is 72.2 Å². The number of rotatable bonds is 3.